The Morgan fingerprint density at radius 3 is 2.40 bits per heavy atom. The molecule has 0 amide bonds. The Hall–Kier alpha value is -0.280. The molecule has 0 bridgehead atoms. The molecule has 1 aliphatic carbocycles. The van der Waals surface area contributed by atoms with Crippen LogP contribution in [0.2, 0.25) is 0 Å². The molecule has 0 aromatic carbocycles. The van der Waals surface area contributed by atoms with Gasteiger partial charge in [0.1, 0.15) is 0 Å². The van der Waals surface area contributed by atoms with E-state index in [0.717, 1.165) is 31.8 Å². The molecule has 0 atom stereocenters. The van der Waals surface area contributed by atoms with Gasteiger partial charge in [0.15, 0.2) is 0 Å². The van der Waals surface area contributed by atoms with Gasteiger partial charge in [-0.2, -0.15) is 0 Å². The Kier molecular flexibility index (Phi) is 3.87. The van der Waals surface area contributed by atoms with Crippen LogP contribution in [-0.2, 0) is 4.74 Å². The van der Waals surface area contributed by atoms with Crippen molar-refractivity contribution >= 4 is 17.0 Å². The van der Waals surface area contributed by atoms with Crippen LogP contribution in [0.3, 0.4) is 0 Å². The smallest absolute Gasteiger partial charge is 0.403 e. The number of carbonyl (C=O) groups excluding carboxylic acids is 1. The van der Waals surface area contributed by atoms with Crippen LogP contribution in [0.4, 0.5) is 4.79 Å². The second-order valence-corrected chi connectivity index (χ2v) is 5.04. The molecule has 0 spiro atoms. The lowest BCUT2D eigenvalue weighted by molar-refractivity contribution is 0.109. The Morgan fingerprint density at radius 1 is 1.20 bits per heavy atom. The Labute approximate surface area is 95.7 Å². The molecule has 2 fully saturated rings. The molecular formula is C11H18ClNO2. The molecule has 0 N–H and O–H groups in total. The Balaban J connectivity index is 1.60. The minimum Gasteiger partial charge on any atom is -0.453 e. The highest BCUT2D eigenvalue weighted by molar-refractivity contribution is 6.61. The van der Waals surface area contributed by atoms with Crippen molar-refractivity contribution in [1.29, 1.82) is 0 Å². The number of halogens is 1. The van der Waals surface area contributed by atoms with Crippen molar-refractivity contribution < 1.29 is 9.53 Å². The molecule has 1 saturated carbocycles. The molecule has 1 aliphatic heterocycles. The molecule has 3 nitrogen and oxygen atoms in total. The van der Waals surface area contributed by atoms with Gasteiger partial charge in [-0.3, -0.25) is 0 Å². The van der Waals surface area contributed by atoms with Crippen LogP contribution in [0.15, 0.2) is 0 Å². The van der Waals surface area contributed by atoms with Crippen LogP contribution in [0.25, 0.3) is 0 Å². The van der Waals surface area contributed by atoms with Crippen LogP contribution in [0.1, 0.15) is 25.7 Å². The van der Waals surface area contributed by atoms with E-state index in [9.17, 15) is 4.79 Å². The molecule has 1 saturated heterocycles. The number of hydrogen-bond donors (Lipinski definition) is 0. The summed E-state index contributed by atoms with van der Waals surface area (Å²) in [6.45, 7) is 4.09. The molecule has 86 valence electrons. The van der Waals surface area contributed by atoms with Gasteiger partial charge < -0.3 is 9.64 Å². The van der Waals surface area contributed by atoms with E-state index < -0.39 is 5.43 Å². The quantitative estimate of drug-likeness (QED) is 0.697. The number of likely N-dealkylation sites (tertiary alicyclic amines) is 1. The van der Waals surface area contributed by atoms with Gasteiger partial charge in [-0.1, -0.05) is 0 Å². The zero-order valence-corrected chi connectivity index (χ0v) is 9.71. The lowest BCUT2D eigenvalue weighted by Crippen LogP contribution is -2.36. The predicted molar refractivity (Wildman–Crippen MR) is 59.1 cm³/mol. The predicted octanol–water partition coefficient (Wildman–Crippen LogP) is 2.48. The first-order valence-electron chi connectivity index (χ1n) is 5.78. The number of rotatable bonds is 4. The van der Waals surface area contributed by atoms with Crippen molar-refractivity contribution in [3.05, 3.63) is 0 Å². The lowest BCUT2D eigenvalue weighted by Gasteiger charge is -2.31. The summed E-state index contributed by atoms with van der Waals surface area (Å²) < 4.78 is 4.82. The first-order chi connectivity index (χ1) is 7.24. The number of piperidine rings is 1. The zero-order valence-electron chi connectivity index (χ0n) is 8.95. The van der Waals surface area contributed by atoms with Crippen molar-refractivity contribution in [2.24, 2.45) is 11.8 Å². The number of ether oxygens (including phenoxy) is 1. The molecule has 0 radical (unpaired) electrons. The van der Waals surface area contributed by atoms with Crippen LogP contribution >= 0.6 is 11.6 Å². The number of hydrogen-bond acceptors (Lipinski definition) is 3. The molecule has 0 unspecified atom stereocenters. The van der Waals surface area contributed by atoms with Gasteiger partial charge >= 0.3 is 5.43 Å². The van der Waals surface area contributed by atoms with Gasteiger partial charge in [-0.15, -0.1) is 0 Å². The minimum absolute atomic E-state index is 0.500. The standard InChI is InChI=1S/C11H18ClNO2/c12-11(14)15-8-10-3-5-13(6-4-10)7-9-1-2-9/h9-10H,1-8H2. The summed E-state index contributed by atoms with van der Waals surface area (Å²) in [6.07, 6.45) is 5.11. The van der Waals surface area contributed by atoms with E-state index in [1.165, 1.54) is 19.4 Å². The highest BCUT2D eigenvalue weighted by atomic mass is 35.5. The van der Waals surface area contributed by atoms with Crippen molar-refractivity contribution in [2.45, 2.75) is 25.7 Å². The first kappa shape index (κ1) is 11.2. The summed E-state index contributed by atoms with van der Waals surface area (Å²) >= 11 is 5.13. The third-order valence-corrected chi connectivity index (χ3v) is 3.46. The van der Waals surface area contributed by atoms with Gasteiger partial charge in [0.25, 0.3) is 0 Å². The van der Waals surface area contributed by atoms with Gasteiger partial charge in [-0.05, 0) is 50.6 Å². The Morgan fingerprint density at radius 2 is 1.87 bits per heavy atom. The summed E-state index contributed by atoms with van der Waals surface area (Å²) in [7, 11) is 0. The van der Waals surface area contributed by atoms with Gasteiger partial charge in [0, 0.05) is 18.1 Å². The van der Waals surface area contributed by atoms with Crippen LogP contribution in [0.5, 0.6) is 0 Å². The molecular weight excluding hydrogens is 214 g/mol. The van der Waals surface area contributed by atoms with Gasteiger partial charge in [-0.25, -0.2) is 4.79 Å². The van der Waals surface area contributed by atoms with Crippen molar-refractivity contribution in [3.63, 3.8) is 0 Å². The average Bonchev–Trinajstić information content (AvgIpc) is 3.01. The molecule has 1 heterocycles. The van der Waals surface area contributed by atoms with E-state index in [2.05, 4.69) is 4.90 Å². The third-order valence-electron chi connectivity index (χ3n) is 3.35. The van der Waals surface area contributed by atoms with Crippen LogP contribution < -0.4 is 0 Å². The molecule has 0 aromatic rings. The average molecular weight is 232 g/mol. The molecule has 4 heteroatoms. The highest BCUT2D eigenvalue weighted by Gasteiger charge is 2.27. The number of nitrogens with zero attached hydrogens (tertiary/aromatic N) is 1. The fourth-order valence-electron chi connectivity index (χ4n) is 2.18. The van der Waals surface area contributed by atoms with Gasteiger partial charge in [0.2, 0.25) is 0 Å². The summed E-state index contributed by atoms with van der Waals surface area (Å²) in [5.74, 6) is 1.49. The van der Waals surface area contributed by atoms with Gasteiger partial charge in [0.05, 0.1) is 6.61 Å². The summed E-state index contributed by atoms with van der Waals surface area (Å²) in [6, 6.07) is 0. The highest BCUT2D eigenvalue weighted by Crippen LogP contribution is 2.31. The maximum atomic E-state index is 10.4. The summed E-state index contributed by atoms with van der Waals surface area (Å²) in [4.78, 5) is 13.0. The van der Waals surface area contributed by atoms with E-state index in [1.54, 1.807) is 0 Å². The molecule has 2 rings (SSSR count). The van der Waals surface area contributed by atoms with Crippen LogP contribution in [-0.4, -0.2) is 36.6 Å². The maximum absolute atomic E-state index is 10.4. The SMILES string of the molecule is O=C(Cl)OCC1CCN(CC2CC2)CC1. The van der Waals surface area contributed by atoms with E-state index in [1.807, 2.05) is 0 Å². The molecule has 15 heavy (non-hydrogen) atoms. The van der Waals surface area contributed by atoms with Crippen molar-refractivity contribution in [1.82, 2.24) is 4.90 Å². The van der Waals surface area contributed by atoms with E-state index in [0.29, 0.717) is 12.5 Å². The van der Waals surface area contributed by atoms with Crippen molar-refractivity contribution in [3.8, 4) is 0 Å². The van der Waals surface area contributed by atoms with E-state index in [4.69, 9.17) is 16.3 Å². The maximum Gasteiger partial charge on any atom is 0.403 e. The normalized spacial score (nSPS) is 24.1. The topological polar surface area (TPSA) is 29.5 Å². The molecule has 0 aromatic heterocycles. The third kappa shape index (κ3) is 3.99. The number of carbonyl (C=O) groups is 1. The largest absolute Gasteiger partial charge is 0.453 e. The molecule has 2 aliphatic rings. The monoisotopic (exact) mass is 231 g/mol. The summed E-state index contributed by atoms with van der Waals surface area (Å²) in [5.41, 5.74) is -0.671. The fraction of sp³-hybridized carbons (Fsp3) is 0.909. The van der Waals surface area contributed by atoms with Crippen LogP contribution in [0, 0.1) is 11.8 Å². The minimum atomic E-state index is -0.671. The van der Waals surface area contributed by atoms with Crippen molar-refractivity contribution in [2.75, 3.05) is 26.2 Å². The zero-order chi connectivity index (χ0) is 10.7. The van der Waals surface area contributed by atoms with E-state index >= 15 is 0 Å². The Bertz CT molecular complexity index is 223. The second kappa shape index (κ2) is 5.17. The summed E-state index contributed by atoms with van der Waals surface area (Å²) in [5, 5.41) is 0. The van der Waals surface area contributed by atoms with E-state index in [-0.39, 0.29) is 0 Å². The first-order valence-corrected chi connectivity index (χ1v) is 6.16. The second-order valence-electron chi connectivity index (χ2n) is 4.74. The fourth-order valence-corrected chi connectivity index (χ4v) is 2.25. The lowest BCUT2D eigenvalue weighted by atomic mass is 9.98.